The Morgan fingerprint density at radius 3 is 2.20 bits per heavy atom. The number of carbonyl (C=O) groups excluding carboxylic acids is 1. The molecule has 0 bridgehead atoms. The number of aliphatic carboxylic acids is 2. The van der Waals surface area contributed by atoms with Crippen LogP contribution in [0.15, 0.2) is 42.5 Å². The summed E-state index contributed by atoms with van der Waals surface area (Å²) in [6.45, 7) is 4.25. The molecule has 4 N–H and O–H groups in total. The van der Waals surface area contributed by atoms with Crippen molar-refractivity contribution in [2.75, 3.05) is 31.6 Å². The summed E-state index contributed by atoms with van der Waals surface area (Å²) < 4.78 is 10.7. The van der Waals surface area contributed by atoms with E-state index < -0.39 is 36.7 Å². The van der Waals surface area contributed by atoms with Crippen LogP contribution >= 0.6 is 11.6 Å². The minimum absolute atomic E-state index is 0.107. The van der Waals surface area contributed by atoms with Crippen LogP contribution in [0.4, 0.5) is 5.69 Å². The average Bonchev–Trinajstić information content (AvgIpc) is 2.93. The second-order valence-corrected chi connectivity index (χ2v) is 10.6. The summed E-state index contributed by atoms with van der Waals surface area (Å²) in [4.78, 5) is 35.6. The quantitative estimate of drug-likeness (QED) is 0.142. The number of aryl methyl sites for hydroxylation is 3. The standard InChI is InChI=1S/C31H43ClN2O7/c1-22-11-14-24(15-12-22)10-6-4-3-5-7-18-34-30(37)28(29(31(38)39)41-21-27(35)36)40-19-9-8-17-33-25-16-13-23(2)26(32)20-25/h11-16,20,28-29,33H,3-10,17-19,21H2,1-2H3,(H,34,37)(H,35,36)(H,38,39). The number of carboxylic acid groups (broad SMARTS) is 2. The van der Waals surface area contributed by atoms with Crippen LogP contribution in [0.25, 0.3) is 0 Å². The van der Waals surface area contributed by atoms with Gasteiger partial charge in [-0.25, -0.2) is 9.59 Å². The zero-order valence-corrected chi connectivity index (χ0v) is 24.8. The number of benzene rings is 2. The Kier molecular flexibility index (Phi) is 15.8. The first-order valence-corrected chi connectivity index (χ1v) is 14.6. The highest BCUT2D eigenvalue weighted by Crippen LogP contribution is 2.20. The molecule has 0 aliphatic heterocycles. The molecule has 2 rings (SSSR count). The number of halogens is 1. The normalized spacial score (nSPS) is 12.5. The van der Waals surface area contributed by atoms with Crippen LogP contribution in [-0.4, -0.2) is 66.6 Å². The number of hydrogen-bond donors (Lipinski definition) is 4. The van der Waals surface area contributed by atoms with Crippen molar-refractivity contribution < 1.29 is 34.1 Å². The molecule has 41 heavy (non-hydrogen) atoms. The van der Waals surface area contributed by atoms with Crippen molar-refractivity contribution in [2.45, 2.75) is 77.4 Å². The SMILES string of the molecule is Cc1ccc(CCCCCCCNC(=O)C(OCCCCNc2ccc(C)c(Cl)c2)C(OCC(=O)O)C(=O)O)cc1. The van der Waals surface area contributed by atoms with Crippen molar-refractivity contribution >= 4 is 35.1 Å². The maximum atomic E-state index is 12.9. The van der Waals surface area contributed by atoms with Crippen molar-refractivity contribution in [3.8, 4) is 0 Å². The van der Waals surface area contributed by atoms with Gasteiger partial charge in [-0.2, -0.15) is 0 Å². The van der Waals surface area contributed by atoms with Gasteiger partial charge in [-0.3, -0.25) is 4.79 Å². The number of nitrogens with one attached hydrogen (secondary N) is 2. The predicted molar refractivity (Wildman–Crippen MR) is 160 cm³/mol. The van der Waals surface area contributed by atoms with Crippen molar-refractivity contribution in [2.24, 2.45) is 0 Å². The van der Waals surface area contributed by atoms with Crippen LogP contribution in [-0.2, 0) is 30.3 Å². The summed E-state index contributed by atoms with van der Waals surface area (Å²) in [6.07, 6.45) is 3.96. The van der Waals surface area contributed by atoms with Gasteiger partial charge in [0.15, 0.2) is 12.2 Å². The molecule has 1 amide bonds. The molecule has 0 heterocycles. The minimum atomic E-state index is -1.74. The molecule has 0 radical (unpaired) electrons. The van der Waals surface area contributed by atoms with Gasteiger partial charge in [0.05, 0.1) is 0 Å². The van der Waals surface area contributed by atoms with Gasteiger partial charge in [-0.15, -0.1) is 0 Å². The fourth-order valence-electron chi connectivity index (χ4n) is 4.17. The first-order valence-electron chi connectivity index (χ1n) is 14.2. The van der Waals surface area contributed by atoms with Gasteiger partial charge < -0.3 is 30.3 Å². The van der Waals surface area contributed by atoms with Gasteiger partial charge in [0, 0.05) is 30.4 Å². The summed E-state index contributed by atoms with van der Waals surface area (Å²) in [5, 5.41) is 25.2. The Morgan fingerprint density at radius 1 is 0.829 bits per heavy atom. The van der Waals surface area contributed by atoms with Crippen LogP contribution in [0.3, 0.4) is 0 Å². The lowest BCUT2D eigenvalue weighted by atomic mass is 10.0. The van der Waals surface area contributed by atoms with Crippen LogP contribution in [0, 0.1) is 13.8 Å². The predicted octanol–water partition coefficient (Wildman–Crippen LogP) is 5.40. The summed E-state index contributed by atoms with van der Waals surface area (Å²) in [5.41, 5.74) is 4.46. The second kappa shape index (κ2) is 19.1. The number of anilines is 1. The Balaban J connectivity index is 1.74. The first kappa shape index (κ1) is 34.1. The molecule has 2 aromatic carbocycles. The Bertz CT molecular complexity index is 1090. The van der Waals surface area contributed by atoms with Gasteiger partial charge >= 0.3 is 11.9 Å². The van der Waals surface area contributed by atoms with E-state index in [0.717, 1.165) is 49.8 Å². The lowest BCUT2D eigenvalue weighted by Crippen LogP contribution is -2.49. The van der Waals surface area contributed by atoms with E-state index in [4.69, 9.17) is 26.2 Å². The van der Waals surface area contributed by atoms with Gasteiger partial charge in [-0.05, 0) is 69.2 Å². The average molecular weight is 591 g/mol. The molecule has 0 aromatic heterocycles. The third-order valence-corrected chi connectivity index (χ3v) is 7.00. The number of unbranched alkanes of at least 4 members (excludes halogenated alkanes) is 5. The molecule has 0 spiro atoms. The maximum absolute atomic E-state index is 12.9. The molecule has 10 heteroatoms. The molecule has 0 saturated heterocycles. The molecular formula is C31H43ClN2O7. The molecule has 2 unspecified atom stereocenters. The second-order valence-electron chi connectivity index (χ2n) is 10.1. The molecule has 0 fully saturated rings. The number of rotatable bonds is 21. The fourth-order valence-corrected chi connectivity index (χ4v) is 4.35. The highest BCUT2D eigenvalue weighted by atomic mass is 35.5. The van der Waals surface area contributed by atoms with E-state index in [1.807, 2.05) is 25.1 Å². The van der Waals surface area contributed by atoms with Gasteiger partial charge in [-0.1, -0.05) is 66.8 Å². The zero-order chi connectivity index (χ0) is 30.0. The van der Waals surface area contributed by atoms with E-state index in [1.54, 1.807) is 0 Å². The van der Waals surface area contributed by atoms with Crippen LogP contribution in [0.5, 0.6) is 0 Å². The first-order chi connectivity index (χ1) is 19.7. The smallest absolute Gasteiger partial charge is 0.336 e. The largest absolute Gasteiger partial charge is 0.480 e. The lowest BCUT2D eigenvalue weighted by Gasteiger charge is -2.23. The fraction of sp³-hybridized carbons (Fsp3) is 0.516. The van der Waals surface area contributed by atoms with Crippen LogP contribution in [0.2, 0.25) is 5.02 Å². The maximum Gasteiger partial charge on any atom is 0.336 e. The molecule has 2 atom stereocenters. The molecule has 0 saturated carbocycles. The highest BCUT2D eigenvalue weighted by Gasteiger charge is 2.36. The molecule has 0 aliphatic carbocycles. The van der Waals surface area contributed by atoms with E-state index >= 15 is 0 Å². The number of hydrogen-bond acceptors (Lipinski definition) is 6. The summed E-state index contributed by atoms with van der Waals surface area (Å²) in [6, 6.07) is 14.3. The Labute approximate surface area is 247 Å². The van der Waals surface area contributed by atoms with Crippen molar-refractivity contribution in [3.05, 3.63) is 64.2 Å². The van der Waals surface area contributed by atoms with Gasteiger partial charge in [0.25, 0.3) is 5.91 Å². The third-order valence-electron chi connectivity index (χ3n) is 6.59. The van der Waals surface area contributed by atoms with E-state index in [-0.39, 0.29) is 6.61 Å². The Morgan fingerprint density at radius 2 is 1.51 bits per heavy atom. The van der Waals surface area contributed by atoms with Crippen molar-refractivity contribution in [1.29, 1.82) is 0 Å². The van der Waals surface area contributed by atoms with Crippen LogP contribution < -0.4 is 10.6 Å². The van der Waals surface area contributed by atoms with Crippen LogP contribution in [0.1, 0.15) is 61.6 Å². The minimum Gasteiger partial charge on any atom is -0.480 e. The zero-order valence-electron chi connectivity index (χ0n) is 24.0. The van der Waals surface area contributed by atoms with Gasteiger partial charge in [0.1, 0.15) is 6.61 Å². The monoisotopic (exact) mass is 590 g/mol. The molecule has 9 nitrogen and oxygen atoms in total. The highest BCUT2D eigenvalue weighted by molar-refractivity contribution is 6.31. The Hall–Kier alpha value is -3.14. The van der Waals surface area contributed by atoms with E-state index in [1.165, 1.54) is 11.1 Å². The number of carbonyl (C=O) groups is 3. The third kappa shape index (κ3) is 13.9. The van der Waals surface area contributed by atoms with E-state index in [9.17, 15) is 19.5 Å². The molecule has 226 valence electrons. The molecule has 0 aliphatic rings. The lowest BCUT2D eigenvalue weighted by molar-refractivity contribution is -0.172. The van der Waals surface area contributed by atoms with Crippen molar-refractivity contribution in [1.82, 2.24) is 5.32 Å². The summed E-state index contributed by atoms with van der Waals surface area (Å²) in [5.74, 6) is -3.42. The number of carboxylic acids is 2. The number of amides is 1. The number of ether oxygens (including phenoxy) is 2. The summed E-state index contributed by atoms with van der Waals surface area (Å²) >= 11 is 6.15. The summed E-state index contributed by atoms with van der Waals surface area (Å²) in [7, 11) is 0. The topological polar surface area (TPSA) is 134 Å². The van der Waals surface area contributed by atoms with Crippen molar-refractivity contribution in [3.63, 3.8) is 0 Å². The van der Waals surface area contributed by atoms with E-state index in [0.29, 0.717) is 31.0 Å². The molecule has 2 aromatic rings. The van der Waals surface area contributed by atoms with Gasteiger partial charge in [0.2, 0.25) is 0 Å². The molecular weight excluding hydrogens is 548 g/mol. The van der Waals surface area contributed by atoms with E-state index in [2.05, 4.69) is 41.8 Å².